The number of nitrogens with one attached hydrogen (secondary N) is 1. The maximum Gasteiger partial charge on any atom is 0.407 e. The van der Waals surface area contributed by atoms with Crippen LogP contribution < -0.4 is 5.32 Å². The molecule has 0 spiro atoms. The lowest BCUT2D eigenvalue weighted by Gasteiger charge is -2.16. The Morgan fingerprint density at radius 3 is 2.89 bits per heavy atom. The highest BCUT2D eigenvalue weighted by Crippen LogP contribution is 2.15. The average molecular weight is 263 g/mol. The summed E-state index contributed by atoms with van der Waals surface area (Å²) in [7, 11) is 0. The van der Waals surface area contributed by atoms with Crippen molar-refractivity contribution in [3.05, 3.63) is 48.6 Å². The average Bonchev–Trinajstić information content (AvgIpc) is 2.78. The van der Waals surface area contributed by atoms with Crippen LogP contribution in [0.25, 0.3) is 0 Å². The van der Waals surface area contributed by atoms with Crippen molar-refractivity contribution in [2.45, 2.75) is 24.9 Å². The monoisotopic (exact) mass is 263 g/mol. The van der Waals surface area contributed by atoms with Crippen molar-refractivity contribution >= 4 is 6.09 Å². The highest BCUT2D eigenvalue weighted by molar-refractivity contribution is 5.67. The van der Waals surface area contributed by atoms with Crippen molar-refractivity contribution in [1.82, 2.24) is 5.32 Å². The Kier molecular flexibility index (Phi) is 4.54. The number of hydrogen-bond donors (Lipinski definition) is 2. The van der Waals surface area contributed by atoms with Gasteiger partial charge in [0.15, 0.2) is 0 Å². The van der Waals surface area contributed by atoms with E-state index in [-0.39, 0.29) is 13.2 Å². The molecule has 3 atom stereocenters. The second-order valence-corrected chi connectivity index (χ2v) is 4.34. The SMILES string of the molecule is C=C[C@@H]1OC[C@H](NC(=O)OCc2ccccc2)[C@@H]1O. The number of benzene rings is 1. The minimum atomic E-state index is -0.790. The Balaban J connectivity index is 1.77. The van der Waals surface area contributed by atoms with Crippen LogP contribution in [0.1, 0.15) is 5.56 Å². The van der Waals surface area contributed by atoms with Crippen molar-refractivity contribution in [1.29, 1.82) is 0 Å². The summed E-state index contributed by atoms with van der Waals surface area (Å²) in [5.74, 6) is 0. The number of hydrogen-bond acceptors (Lipinski definition) is 4. The molecule has 0 aromatic heterocycles. The molecular formula is C14H17NO4. The molecule has 2 rings (SSSR count). The van der Waals surface area contributed by atoms with Gasteiger partial charge in [0, 0.05) is 0 Å². The highest BCUT2D eigenvalue weighted by Gasteiger charge is 2.35. The van der Waals surface area contributed by atoms with Crippen LogP contribution in [-0.4, -0.2) is 36.1 Å². The number of ether oxygens (including phenoxy) is 2. The van der Waals surface area contributed by atoms with Crippen LogP contribution in [0.4, 0.5) is 4.79 Å². The number of carbonyl (C=O) groups is 1. The van der Waals surface area contributed by atoms with E-state index in [9.17, 15) is 9.90 Å². The third-order valence-electron chi connectivity index (χ3n) is 2.97. The summed E-state index contributed by atoms with van der Waals surface area (Å²) in [5, 5.41) is 12.4. The second kappa shape index (κ2) is 6.36. The second-order valence-electron chi connectivity index (χ2n) is 4.34. The number of amides is 1. The first-order valence-corrected chi connectivity index (χ1v) is 6.10. The molecule has 1 fully saturated rings. The maximum atomic E-state index is 11.6. The molecule has 5 nitrogen and oxygen atoms in total. The molecule has 2 N–H and O–H groups in total. The molecule has 19 heavy (non-hydrogen) atoms. The first-order chi connectivity index (χ1) is 9.20. The lowest BCUT2D eigenvalue weighted by atomic mass is 10.1. The molecule has 0 saturated carbocycles. The number of carbonyl (C=O) groups excluding carboxylic acids is 1. The Morgan fingerprint density at radius 1 is 1.53 bits per heavy atom. The van der Waals surface area contributed by atoms with Gasteiger partial charge in [0.2, 0.25) is 0 Å². The molecule has 102 valence electrons. The van der Waals surface area contributed by atoms with E-state index in [4.69, 9.17) is 9.47 Å². The van der Waals surface area contributed by atoms with Gasteiger partial charge < -0.3 is 19.9 Å². The molecule has 1 aromatic carbocycles. The molecule has 0 bridgehead atoms. The first kappa shape index (κ1) is 13.6. The van der Waals surface area contributed by atoms with Crippen LogP contribution in [-0.2, 0) is 16.1 Å². The normalized spacial score (nSPS) is 25.8. The predicted octanol–water partition coefficient (Wildman–Crippen LogP) is 1.23. The third-order valence-corrected chi connectivity index (χ3v) is 2.97. The number of aliphatic hydroxyl groups is 1. The summed E-state index contributed by atoms with van der Waals surface area (Å²) in [5.41, 5.74) is 0.907. The third kappa shape index (κ3) is 3.56. The number of alkyl carbamates (subject to hydrolysis) is 1. The molecule has 1 aliphatic rings. The van der Waals surface area contributed by atoms with Gasteiger partial charge in [-0.15, -0.1) is 6.58 Å². The minimum Gasteiger partial charge on any atom is -0.445 e. The molecule has 1 amide bonds. The van der Waals surface area contributed by atoms with Crippen LogP contribution >= 0.6 is 0 Å². The topological polar surface area (TPSA) is 67.8 Å². The summed E-state index contributed by atoms with van der Waals surface area (Å²) in [6.45, 7) is 4.00. The van der Waals surface area contributed by atoms with Crippen molar-refractivity contribution in [2.75, 3.05) is 6.61 Å². The van der Waals surface area contributed by atoms with Crippen molar-refractivity contribution < 1.29 is 19.4 Å². The Labute approximate surface area is 111 Å². The Morgan fingerprint density at radius 2 is 2.26 bits per heavy atom. The highest BCUT2D eigenvalue weighted by atomic mass is 16.6. The van der Waals surface area contributed by atoms with Crippen molar-refractivity contribution in [3.63, 3.8) is 0 Å². The van der Waals surface area contributed by atoms with Gasteiger partial charge in [-0.25, -0.2) is 4.79 Å². The van der Waals surface area contributed by atoms with Gasteiger partial charge in [-0.3, -0.25) is 0 Å². The molecule has 1 aliphatic heterocycles. The van der Waals surface area contributed by atoms with E-state index in [2.05, 4.69) is 11.9 Å². The van der Waals surface area contributed by atoms with Gasteiger partial charge >= 0.3 is 6.09 Å². The minimum absolute atomic E-state index is 0.196. The lowest BCUT2D eigenvalue weighted by Crippen LogP contribution is -2.44. The Bertz CT molecular complexity index is 434. The lowest BCUT2D eigenvalue weighted by molar-refractivity contribution is 0.0716. The zero-order chi connectivity index (χ0) is 13.7. The Hall–Kier alpha value is -1.85. The summed E-state index contributed by atoms with van der Waals surface area (Å²) in [4.78, 5) is 11.6. The van der Waals surface area contributed by atoms with Crippen molar-refractivity contribution in [2.24, 2.45) is 0 Å². The molecule has 0 radical (unpaired) electrons. The van der Waals surface area contributed by atoms with Gasteiger partial charge in [0.1, 0.15) is 18.8 Å². The van der Waals surface area contributed by atoms with Gasteiger partial charge in [0.05, 0.1) is 12.6 Å². The largest absolute Gasteiger partial charge is 0.445 e. The summed E-state index contributed by atoms with van der Waals surface area (Å²) < 4.78 is 10.3. The molecule has 1 heterocycles. The van der Waals surface area contributed by atoms with Gasteiger partial charge in [-0.1, -0.05) is 36.4 Å². The molecule has 1 saturated heterocycles. The van der Waals surface area contributed by atoms with E-state index in [0.29, 0.717) is 0 Å². The summed E-state index contributed by atoms with van der Waals surface area (Å²) in [6, 6.07) is 8.92. The van der Waals surface area contributed by atoms with Gasteiger partial charge in [-0.2, -0.15) is 0 Å². The standard InChI is InChI=1S/C14H17NO4/c1-2-12-13(16)11(9-18-12)15-14(17)19-8-10-6-4-3-5-7-10/h2-7,11-13,16H,1,8-9H2,(H,15,17)/t11-,12-,13-/m0/s1. The predicted molar refractivity (Wildman–Crippen MR) is 69.5 cm³/mol. The fraction of sp³-hybridized carbons (Fsp3) is 0.357. The summed E-state index contributed by atoms with van der Waals surface area (Å²) >= 11 is 0. The van der Waals surface area contributed by atoms with Crippen molar-refractivity contribution in [3.8, 4) is 0 Å². The summed E-state index contributed by atoms with van der Waals surface area (Å²) in [6.07, 6.45) is -0.288. The van der Waals surface area contributed by atoms with Gasteiger partial charge in [0.25, 0.3) is 0 Å². The van der Waals surface area contributed by atoms with Crippen LogP contribution in [0.15, 0.2) is 43.0 Å². The zero-order valence-electron chi connectivity index (χ0n) is 10.5. The van der Waals surface area contributed by atoms with Crippen LogP contribution in [0, 0.1) is 0 Å². The molecular weight excluding hydrogens is 246 g/mol. The van der Waals surface area contributed by atoms with Gasteiger partial charge in [-0.05, 0) is 5.56 Å². The van der Waals surface area contributed by atoms with E-state index in [1.54, 1.807) is 0 Å². The molecule has 0 aliphatic carbocycles. The van der Waals surface area contributed by atoms with E-state index in [1.807, 2.05) is 30.3 Å². The first-order valence-electron chi connectivity index (χ1n) is 6.10. The fourth-order valence-electron chi connectivity index (χ4n) is 1.89. The molecule has 1 aromatic rings. The zero-order valence-corrected chi connectivity index (χ0v) is 10.5. The fourth-order valence-corrected chi connectivity index (χ4v) is 1.89. The van der Waals surface area contributed by atoms with Crippen LogP contribution in [0.3, 0.4) is 0 Å². The van der Waals surface area contributed by atoms with Crippen LogP contribution in [0.5, 0.6) is 0 Å². The van der Waals surface area contributed by atoms with Crippen LogP contribution in [0.2, 0.25) is 0 Å². The van der Waals surface area contributed by atoms with E-state index in [1.165, 1.54) is 6.08 Å². The molecule has 0 unspecified atom stereocenters. The number of aliphatic hydroxyl groups excluding tert-OH is 1. The van der Waals surface area contributed by atoms with E-state index >= 15 is 0 Å². The maximum absolute atomic E-state index is 11.6. The molecule has 5 heteroatoms. The smallest absolute Gasteiger partial charge is 0.407 e. The quantitative estimate of drug-likeness (QED) is 0.802. The van der Waals surface area contributed by atoms with E-state index < -0.39 is 24.3 Å². The number of rotatable bonds is 4. The van der Waals surface area contributed by atoms with E-state index in [0.717, 1.165) is 5.56 Å².